The molecule has 1 atom stereocenters. The summed E-state index contributed by atoms with van der Waals surface area (Å²) < 4.78 is 37.9. The fourth-order valence-corrected chi connectivity index (χ4v) is 2.45. The Kier molecular flexibility index (Phi) is 4.14. The summed E-state index contributed by atoms with van der Waals surface area (Å²) in [5.74, 6) is 0.0117. The van der Waals surface area contributed by atoms with Crippen molar-refractivity contribution in [2.75, 3.05) is 5.32 Å². The molecule has 0 spiro atoms. The molecule has 0 aliphatic carbocycles. The van der Waals surface area contributed by atoms with Crippen LogP contribution in [0.1, 0.15) is 28.5 Å². The van der Waals surface area contributed by atoms with Crippen LogP contribution in [-0.4, -0.2) is 15.0 Å². The molecule has 0 aliphatic heterocycles. The summed E-state index contributed by atoms with van der Waals surface area (Å²) in [6.07, 6.45) is -2.86. The van der Waals surface area contributed by atoms with Gasteiger partial charge in [0.25, 0.3) is 0 Å². The monoisotopic (exact) mass is 322 g/mol. The molecule has 0 fully saturated rings. The maximum absolute atomic E-state index is 12.6. The number of rotatable bonds is 3. The van der Waals surface area contributed by atoms with Crippen molar-refractivity contribution < 1.29 is 13.2 Å². The van der Waals surface area contributed by atoms with E-state index in [2.05, 4.69) is 20.3 Å². The summed E-state index contributed by atoms with van der Waals surface area (Å²) in [6, 6.07) is 0.545. The lowest BCUT2D eigenvalue weighted by Crippen LogP contribution is -2.13. The van der Waals surface area contributed by atoms with Gasteiger partial charge >= 0.3 is 6.18 Å². The standard InChI is InChI=1S/C11H10ClF3N4S/c1-5-4-16-9(20-5)6(2)17-8-3-7(11(13,14)15)18-10(12)19-8/h3-4,6H,1-2H3,(H,17,18,19). The minimum absolute atomic E-state index is 0.0117. The van der Waals surface area contributed by atoms with Crippen molar-refractivity contribution in [3.63, 3.8) is 0 Å². The summed E-state index contributed by atoms with van der Waals surface area (Å²) in [5, 5.41) is 3.14. The molecule has 4 nitrogen and oxygen atoms in total. The van der Waals surface area contributed by atoms with Crippen molar-refractivity contribution in [3.8, 4) is 0 Å². The van der Waals surface area contributed by atoms with Gasteiger partial charge in [-0.3, -0.25) is 0 Å². The lowest BCUT2D eigenvalue weighted by Gasteiger charge is -2.13. The van der Waals surface area contributed by atoms with Crippen LogP contribution in [0.3, 0.4) is 0 Å². The van der Waals surface area contributed by atoms with Crippen LogP contribution in [0.5, 0.6) is 0 Å². The van der Waals surface area contributed by atoms with Crippen LogP contribution in [0.4, 0.5) is 19.0 Å². The Hall–Kier alpha value is -1.41. The first-order valence-corrected chi connectivity index (χ1v) is 6.76. The van der Waals surface area contributed by atoms with Gasteiger partial charge in [0.2, 0.25) is 5.28 Å². The molecule has 108 valence electrons. The molecule has 0 saturated carbocycles. The molecule has 1 N–H and O–H groups in total. The van der Waals surface area contributed by atoms with Crippen LogP contribution in [-0.2, 0) is 6.18 Å². The van der Waals surface area contributed by atoms with Crippen molar-refractivity contribution in [2.24, 2.45) is 0 Å². The quantitative estimate of drug-likeness (QED) is 0.865. The zero-order chi connectivity index (χ0) is 14.9. The summed E-state index contributed by atoms with van der Waals surface area (Å²) in [7, 11) is 0. The molecule has 0 aromatic carbocycles. The first kappa shape index (κ1) is 15.0. The maximum Gasteiger partial charge on any atom is 0.433 e. The van der Waals surface area contributed by atoms with Crippen molar-refractivity contribution in [3.05, 3.63) is 33.1 Å². The summed E-state index contributed by atoms with van der Waals surface area (Å²) in [5.41, 5.74) is -1.08. The first-order valence-electron chi connectivity index (χ1n) is 5.56. The SMILES string of the molecule is Cc1cnc(C(C)Nc2cc(C(F)(F)F)nc(Cl)n2)s1. The Bertz CT molecular complexity index is 614. The largest absolute Gasteiger partial charge is 0.433 e. The zero-order valence-electron chi connectivity index (χ0n) is 10.5. The molecule has 1 unspecified atom stereocenters. The molecule has 0 aliphatic rings. The number of nitrogens with zero attached hydrogens (tertiary/aromatic N) is 3. The second-order valence-electron chi connectivity index (χ2n) is 4.08. The minimum Gasteiger partial charge on any atom is -0.361 e. The number of thiazole rings is 1. The average Bonchev–Trinajstić information content (AvgIpc) is 2.74. The number of aromatic nitrogens is 3. The first-order chi connectivity index (χ1) is 9.25. The van der Waals surface area contributed by atoms with Crippen LogP contribution in [0, 0.1) is 6.92 Å². The van der Waals surface area contributed by atoms with E-state index in [1.807, 2.05) is 6.92 Å². The van der Waals surface area contributed by atoms with Gasteiger partial charge < -0.3 is 5.32 Å². The Balaban J connectivity index is 2.23. The molecule has 2 rings (SSSR count). The number of nitrogens with one attached hydrogen (secondary N) is 1. The number of hydrogen-bond acceptors (Lipinski definition) is 5. The maximum atomic E-state index is 12.6. The zero-order valence-corrected chi connectivity index (χ0v) is 12.1. The third kappa shape index (κ3) is 3.57. The van der Waals surface area contributed by atoms with Crippen LogP contribution in [0.25, 0.3) is 0 Å². The molecule has 20 heavy (non-hydrogen) atoms. The topological polar surface area (TPSA) is 50.7 Å². The van der Waals surface area contributed by atoms with Crippen molar-refractivity contribution in [1.29, 1.82) is 0 Å². The summed E-state index contributed by atoms with van der Waals surface area (Å²) in [6.45, 7) is 3.68. The molecule has 2 aromatic rings. The van der Waals surface area contributed by atoms with E-state index < -0.39 is 17.2 Å². The number of aryl methyl sites for hydroxylation is 1. The second kappa shape index (κ2) is 5.53. The smallest absolute Gasteiger partial charge is 0.361 e. The van der Waals surface area contributed by atoms with Gasteiger partial charge in [-0.2, -0.15) is 13.2 Å². The van der Waals surface area contributed by atoms with Gasteiger partial charge in [0.05, 0.1) is 6.04 Å². The fourth-order valence-electron chi connectivity index (χ4n) is 1.49. The number of anilines is 1. The Morgan fingerprint density at radius 3 is 2.60 bits per heavy atom. The van der Waals surface area contributed by atoms with E-state index in [1.54, 1.807) is 13.1 Å². The van der Waals surface area contributed by atoms with E-state index in [0.29, 0.717) is 0 Å². The van der Waals surface area contributed by atoms with Gasteiger partial charge in [-0.25, -0.2) is 15.0 Å². The fraction of sp³-hybridized carbons (Fsp3) is 0.364. The van der Waals surface area contributed by atoms with Gasteiger partial charge in [-0.15, -0.1) is 11.3 Å². The highest BCUT2D eigenvalue weighted by molar-refractivity contribution is 7.11. The third-order valence-electron chi connectivity index (χ3n) is 2.36. The summed E-state index contributed by atoms with van der Waals surface area (Å²) >= 11 is 6.97. The number of hydrogen-bond donors (Lipinski definition) is 1. The average molecular weight is 323 g/mol. The van der Waals surface area contributed by atoms with Gasteiger partial charge in [-0.1, -0.05) is 0 Å². The minimum atomic E-state index is -4.57. The molecular formula is C11H10ClF3N4S. The highest BCUT2D eigenvalue weighted by atomic mass is 35.5. The highest BCUT2D eigenvalue weighted by Crippen LogP contribution is 2.30. The number of halogens is 4. The van der Waals surface area contributed by atoms with Crippen LogP contribution < -0.4 is 5.32 Å². The van der Waals surface area contributed by atoms with E-state index >= 15 is 0 Å². The normalized spacial score (nSPS) is 13.3. The molecule has 9 heteroatoms. The molecule has 2 heterocycles. The molecule has 0 bridgehead atoms. The van der Waals surface area contributed by atoms with Crippen LogP contribution in [0.15, 0.2) is 12.3 Å². The second-order valence-corrected chi connectivity index (χ2v) is 5.68. The molecule has 0 radical (unpaired) electrons. The van der Waals surface area contributed by atoms with Crippen LogP contribution in [0.2, 0.25) is 5.28 Å². The van der Waals surface area contributed by atoms with Gasteiger partial charge in [0, 0.05) is 17.1 Å². The lowest BCUT2D eigenvalue weighted by atomic mass is 10.3. The summed E-state index contributed by atoms with van der Waals surface area (Å²) in [4.78, 5) is 12.1. The Morgan fingerprint density at radius 2 is 2.05 bits per heavy atom. The van der Waals surface area contributed by atoms with E-state index in [-0.39, 0.29) is 11.9 Å². The van der Waals surface area contributed by atoms with Crippen molar-refractivity contribution in [1.82, 2.24) is 15.0 Å². The lowest BCUT2D eigenvalue weighted by molar-refractivity contribution is -0.141. The Labute approximate surface area is 122 Å². The highest BCUT2D eigenvalue weighted by Gasteiger charge is 2.33. The molecular weight excluding hydrogens is 313 g/mol. The van der Waals surface area contributed by atoms with E-state index in [4.69, 9.17) is 11.6 Å². The van der Waals surface area contributed by atoms with E-state index in [0.717, 1.165) is 16.0 Å². The number of alkyl halides is 3. The van der Waals surface area contributed by atoms with E-state index in [1.165, 1.54) is 11.3 Å². The van der Waals surface area contributed by atoms with Gasteiger partial charge in [-0.05, 0) is 25.4 Å². The predicted octanol–water partition coefficient (Wildman–Crippen LogP) is 4.09. The third-order valence-corrected chi connectivity index (χ3v) is 3.63. The molecule has 0 amide bonds. The predicted molar refractivity (Wildman–Crippen MR) is 70.9 cm³/mol. The Morgan fingerprint density at radius 1 is 1.35 bits per heavy atom. The van der Waals surface area contributed by atoms with Crippen molar-refractivity contribution in [2.45, 2.75) is 26.1 Å². The van der Waals surface area contributed by atoms with Gasteiger partial charge in [0.1, 0.15) is 10.8 Å². The molecule has 2 aromatic heterocycles. The molecule has 0 saturated heterocycles. The van der Waals surface area contributed by atoms with Crippen molar-refractivity contribution >= 4 is 28.8 Å². The van der Waals surface area contributed by atoms with E-state index in [9.17, 15) is 13.2 Å². The van der Waals surface area contributed by atoms with Crippen LogP contribution >= 0.6 is 22.9 Å². The van der Waals surface area contributed by atoms with Gasteiger partial charge in [0.15, 0.2) is 5.69 Å².